The first-order valence-corrected chi connectivity index (χ1v) is 10.2. The summed E-state index contributed by atoms with van der Waals surface area (Å²) in [6.07, 6.45) is 3.81. The van der Waals surface area contributed by atoms with Gasteiger partial charge in [0, 0.05) is 19.1 Å². The van der Waals surface area contributed by atoms with E-state index in [1.807, 2.05) is 0 Å². The van der Waals surface area contributed by atoms with Gasteiger partial charge in [-0.3, -0.25) is 0 Å². The Labute approximate surface area is 162 Å². The van der Waals surface area contributed by atoms with Crippen LogP contribution >= 0.6 is 0 Å². The van der Waals surface area contributed by atoms with Crippen LogP contribution in [0.15, 0.2) is 36.4 Å². The summed E-state index contributed by atoms with van der Waals surface area (Å²) in [6, 6.07) is 13.4. The van der Waals surface area contributed by atoms with Crippen molar-refractivity contribution in [3.05, 3.63) is 64.5 Å². The number of benzene rings is 2. The molecule has 4 rings (SSSR count). The van der Waals surface area contributed by atoms with E-state index < -0.39 is 0 Å². The molecule has 3 nitrogen and oxygen atoms in total. The third-order valence-corrected chi connectivity index (χ3v) is 5.94. The number of aromatic nitrogens is 2. The van der Waals surface area contributed by atoms with Crippen molar-refractivity contribution in [3.63, 3.8) is 0 Å². The predicted octanol–water partition coefficient (Wildman–Crippen LogP) is 5.68. The summed E-state index contributed by atoms with van der Waals surface area (Å²) in [5, 5.41) is 0. The zero-order valence-corrected chi connectivity index (χ0v) is 17.0. The normalized spacial score (nSPS) is 18.3. The molecule has 1 saturated heterocycles. The monoisotopic (exact) mass is 362 g/mol. The van der Waals surface area contributed by atoms with Crippen molar-refractivity contribution in [2.24, 2.45) is 0 Å². The summed E-state index contributed by atoms with van der Waals surface area (Å²) < 4.78 is 8.31. The molecule has 2 unspecified atom stereocenters. The van der Waals surface area contributed by atoms with Crippen LogP contribution in [-0.2, 0) is 11.3 Å². The molecule has 0 aliphatic carbocycles. The van der Waals surface area contributed by atoms with Gasteiger partial charge in [0.05, 0.1) is 17.1 Å². The van der Waals surface area contributed by atoms with Gasteiger partial charge in [-0.1, -0.05) is 36.8 Å². The molecule has 2 aromatic carbocycles. The van der Waals surface area contributed by atoms with Crippen molar-refractivity contribution in [1.29, 1.82) is 0 Å². The van der Waals surface area contributed by atoms with E-state index in [4.69, 9.17) is 9.72 Å². The topological polar surface area (TPSA) is 27.1 Å². The number of hydrogen-bond acceptors (Lipinski definition) is 2. The number of aryl methyl sites for hydroxylation is 3. The largest absolute Gasteiger partial charge is 0.378 e. The number of hydrogen-bond donors (Lipinski definition) is 0. The standard InChI is InChI=1S/C24H30N2O/c1-16-7-9-20(10-8-16)15-26-23-14-18(3)17(2)13-22(23)25-24(26)19(4)12-21-6-5-11-27-21/h7-10,13-14,19,21H,5-6,11-12,15H2,1-4H3. The fraction of sp³-hybridized carbons (Fsp3) is 0.458. The Morgan fingerprint density at radius 2 is 1.85 bits per heavy atom. The molecule has 2 heterocycles. The average Bonchev–Trinajstić information content (AvgIpc) is 3.26. The molecule has 142 valence electrons. The summed E-state index contributed by atoms with van der Waals surface area (Å²) in [7, 11) is 0. The smallest absolute Gasteiger partial charge is 0.113 e. The minimum Gasteiger partial charge on any atom is -0.378 e. The molecule has 1 aliphatic rings. The third-order valence-electron chi connectivity index (χ3n) is 5.94. The van der Waals surface area contributed by atoms with Crippen LogP contribution in [0.4, 0.5) is 0 Å². The number of rotatable bonds is 5. The van der Waals surface area contributed by atoms with Crippen LogP contribution in [0.25, 0.3) is 11.0 Å². The van der Waals surface area contributed by atoms with Gasteiger partial charge in [0.25, 0.3) is 0 Å². The lowest BCUT2D eigenvalue weighted by Gasteiger charge is -2.18. The van der Waals surface area contributed by atoms with E-state index in [2.05, 4.69) is 68.7 Å². The van der Waals surface area contributed by atoms with E-state index in [-0.39, 0.29) is 0 Å². The van der Waals surface area contributed by atoms with Gasteiger partial charge in [-0.2, -0.15) is 0 Å². The van der Waals surface area contributed by atoms with E-state index >= 15 is 0 Å². The summed E-state index contributed by atoms with van der Waals surface area (Å²) >= 11 is 0. The second-order valence-corrected chi connectivity index (χ2v) is 8.24. The molecule has 0 bridgehead atoms. The van der Waals surface area contributed by atoms with Crippen LogP contribution < -0.4 is 0 Å². The van der Waals surface area contributed by atoms with Crippen LogP contribution in [0, 0.1) is 20.8 Å². The molecule has 27 heavy (non-hydrogen) atoms. The molecule has 1 aromatic heterocycles. The van der Waals surface area contributed by atoms with Crippen molar-refractivity contribution in [2.45, 2.75) is 65.5 Å². The highest BCUT2D eigenvalue weighted by atomic mass is 16.5. The molecule has 0 N–H and O–H groups in total. The third kappa shape index (κ3) is 3.79. The molecule has 0 spiro atoms. The van der Waals surface area contributed by atoms with Crippen LogP contribution in [0.2, 0.25) is 0 Å². The van der Waals surface area contributed by atoms with Crippen LogP contribution in [0.5, 0.6) is 0 Å². The highest BCUT2D eigenvalue weighted by Gasteiger charge is 2.23. The van der Waals surface area contributed by atoms with E-state index in [1.54, 1.807) is 0 Å². The Kier molecular flexibility index (Phi) is 5.05. The quantitative estimate of drug-likeness (QED) is 0.583. The number of ether oxygens (including phenoxy) is 1. The first-order valence-electron chi connectivity index (χ1n) is 10.2. The lowest BCUT2D eigenvalue weighted by molar-refractivity contribution is 0.0983. The van der Waals surface area contributed by atoms with Gasteiger partial charge in [0.15, 0.2) is 0 Å². The maximum Gasteiger partial charge on any atom is 0.113 e. The van der Waals surface area contributed by atoms with Crippen molar-refractivity contribution in [2.75, 3.05) is 6.61 Å². The number of imidazole rings is 1. The van der Waals surface area contributed by atoms with Gasteiger partial charge in [0.1, 0.15) is 5.82 Å². The fourth-order valence-corrected chi connectivity index (χ4v) is 4.15. The zero-order valence-electron chi connectivity index (χ0n) is 17.0. The predicted molar refractivity (Wildman–Crippen MR) is 111 cm³/mol. The number of fused-ring (bicyclic) bond motifs is 1. The zero-order chi connectivity index (χ0) is 19.0. The molecular weight excluding hydrogens is 332 g/mol. The van der Waals surface area contributed by atoms with Gasteiger partial charge >= 0.3 is 0 Å². The summed E-state index contributed by atoms with van der Waals surface area (Å²) in [6.45, 7) is 10.6. The maximum atomic E-state index is 5.89. The number of nitrogens with zero attached hydrogens (tertiary/aromatic N) is 2. The molecule has 1 aliphatic heterocycles. The average molecular weight is 363 g/mol. The van der Waals surface area contributed by atoms with Gasteiger partial charge in [0.2, 0.25) is 0 Å². The maximum absolute atomic E-state index is 5.89. The van der Waals surface area contributed by atoms with Crippen LogP contribution in [-0.4, -0.2) is 22.3 Å². The van der Waals surface area contributed by atoms with Crippen LogP contribution in [0.3, 0.4) is 0 Å². The highest BCUT2D eigenvalue weighted by molar-refractivity contribution is 5.78. The first kappa shape index (κ1) is 18.2. The first-order chi connectivity index (χ1) is 13.0. The van der Waals surface area contributed by atoms with E-state index in [1.165, 1.54) is 46.4 Å². The fourth-order valence-electron chi connectivity index (χ4n) is 4.15. The Hall–Kier alpha value is -2.13. The molecule has 2 atom stereocenters. The minimum absolute atomic E-state index is 0.381. The molecule has 0 radical (unpaired) electrons. The molecule has 0 amide bonds. The van der Waals surface area contributed by atoms with E-state index in [9.17, 15) is 0 Å². The minimum atomic E-state index is 0.381. The van der Waals surface area contributed by atoms with Gasteiger partial charge in [-0.05, 0) is 68.9 Å². The SMILES string of the molecule is Cc1ccc(Cn2c(C(C)CC3CCCO3)nc3cc(C)c(C)cc32)cc1. The van der Waals surface area contributed by atoms with Crippen molar-refractivity contribution in [3.8, 4) is 0 Å². The van der Waals surface area contributed by atoms with Gasteiger partial charge in [-0.15, -0.1) is 0 Å². The van der Waals surface area contributed by atoms with Crippen molar-refractivity contribution in [1.82, 2.24) is 9.55 Å². The van der Waals surface area contributed by atoms with Crippen molar-refractivity contribution >= 4 is 11.0 Å². The van der Waals surface area contributed by atoms with E-state index in [0.717, 1.165) is 25.1 Å². The Morgan fingerprint density at radius 3 is 2.56 bits per heavy atom. The summed E-state index contributed by atoms with van der Waals surface area (Å²) in [5.74, 6) is 1.57. The Bertz CT molecular complexity index is 933. The molecule has 0 saturated carbocycles. The summed E-state index contributed by atoms with van der Waals surface area (Å²) in [5.41, 5.74) is 7.61. The highest BCUT2D eigenvalue weighted by Crippen LogP contribution is 2.30. The molecular formula is C24H30N2O. The summed E-state index contributed by atoms with van der Waals surface area (Å²) in [4.78, 5) is 5.08. The Balaban J connectivity index is 1.74. The second kappa shape index (κ2) is 7.47. The molecule has 1 fully saturated rings. The second-order valence-electron chi connectivity index (χ2n) is 8.24. The lowest BCUT2D eigenvalue weighted by atomic mass is 10.0. The molecule has 3 aromatic rings. The lowest BCUT2D eigenvalue weighted by Crippen LogP contribution is -2.14. The molecule has 3 heteroatoms. The van der Waals surface area contributed by atoms with Crippen molar-refractivity contribution < 1.29 is 4.74 Å². The van der Waals surface area contributed by atoms with E-state index in [0.29, 0.717) is 12.0 Å². The van der Waals surface area contributed by atoms with Gasteiger partial charge in [-0.25, -0.2) is 4.98 Å². The van der Waals surface area contributed by atoms with Gasteiger partial charge < -0.3 is 9.30 Å². The van der Waals surface area contributed by atoms with Crippen LogP contribution in [0.1, 0.15) is 60.2 Å². The Morgan fingerprint density at radius 1 is 1.11 bits per heavy atom.